The van der Waals surface area contributed by atoms with Gasteiger partial charge < -0.3 is 14.4 Å². The van der Waals surface area contributed by atoms with Gasteiger partial charge in [0.1, 0.15) is 5.75 Å². The fraction of sp³-hybridized carbons (Fsp3) is 0.435. The molecule has 0 aliphatic carbocycles. The lowest BCUT2D eigenvalue weighted by Gasteiger charge is -2.26. The molecule has 1 heterocycles. The fourth-order valence-corrected chi connectivity index (χ4v) is 5.10. The Morgan fingerprint density at radius 2 is 2.06 bits per heavy atom. The van der Waals surface area contributed by atoms with Gasteiger partial charge in [0, 0.05) is 25.7 Å². The number of carbonyl (C=O) groups excluding carboxylic acids is 1. The average molecular weight is 481 g/mol. The lowest BCUT2D eigenvalue weighted by molar-refractivity contribution is 0.0507. The zero-order valence-electron chi connectivity index (χ0n) is 18.5. The number of halogens is 1. The Kier molecular flexibility index (Phi) is 8.16. The number of benzene rings is 2. The SMILES string of the molecule is COc1cccc(CN(CC2CCCO2)C(=O)c2cc(S(=O)(=O)NC(C)C)ccc2Cl)c1. The zero-order chi connectivity index (χ0) is 23.3. The summed E-state index contributed by atoms with van der Waals surface area (Å²) in [7, 11) is -2.18. The molecular weight excluding hydrogens is 452 g/mol. The monoisotopic (exact) mass is 480 g/mol. The molecule has 2 aromatic carbocycles. The van der Waals surface area contributed by atoms with Crippen molar-refractivity contribution in [3.8, 4) is 5.75 Å². The first-order valence-corrected chi connectivity index (χ1v) is 12.4. The number of nitrogens with zero attached hydrogens (tertiary/aromatic N) is 1. The number of sulfonamides is 1. The molecule has 1 amide bonds. The summed E-state index contributed by atoms with van der Waals surface area (Å²) in [6, 6.07) is 11.4. The Bertz CT molecular complexity index is 1050. The van der Waals surface area contributed by atoms with Crippen LogP contribution in [0.3, 0.4) is 0 Å². The summed E-state index contributed by atoms with van der Waals surface area (Å²) >= 11 is 6.34. The molecule has 2 aromatic rings. The van der Waals surface area contributed by atoms with E-state index in [1.54, 1.807) is 25.9 Å². The van der Waals surface area contributed by atoms with Gasteiger partial charge in [0.2, 0.25) is 10.0 Å². The predicted molar refractivity (Wildman–Crippen MR) is 124 cm³/mol. The molecule has 1 N–H and O–H groups in total. The van der Waals surface area contributed by atoms with E-state index < -0.39 is 10.0 Å². The van der Waals surface area contributed by atoms with Crippen LogP contribution < -0.4 is 9.46 Å². The van der Waals surface area contributed by atoms with Crippen molar-refractivity contribution < 1.29 is 22.7 Å². The molecule has 1 saturated heterocycles. The summed E-state index contributed by atoms with van der Waals surface area (Å²) in [5.41, 5.74) is 1.02. The molecule has 32 heavy (non-hydrogen) atoms. The quantitative estimate of drug-likeness (QED) is 0.589. The largest absolute Gasteiger partial charge is 0.497 e. The molecule has 0 spiro atoms. The van der Waals surface area contributed by atoms with Gasteiger partial charge in [-0.25, -0.2) is 13.1 Å². The molecule has 0 aromatic heterocycles. The molecule has 3 rings (SSSR count). The highest BCUT2D eigenvalue weighted by atomic mass is 35.5. The Balaban J connectivity index is 1.93. The van der Waals surface area contributed by atoms with Crippen LogP contribution >= 0.6 is 11.6 Å². The molecule has 0 saturated carbocycles. The minimum atomic E-state index is -3.77. The van der Waals surface area contributed by atoms with Crippen LogP contribution in [0.5, 0.6) is 5.75 Å². The number of methoxy groups -OCH3 is 1. The highest BCUT2D eigenvalue weighted by molar-refractivity contribution is 7.89. The lowest BCUT2D eigenvalue weighted by atomic mass is 10.1. The van der Waals surface area contributed by atoms with Crippen molar-refractivity contribution in [1.82, 2.24) is 9.62 Å². The number of hydrogen-bond donors (Lipinski definition) is 1. The minimum absolute atomic E-state index is 0.00241. The number of rotatable bonds is 9. The van der Waals surface area contributed by atoms with Crippen LogP contribution in [0.1, 0.15) is 42.6 Å². The normalized spacial score (nSPS) is 16.3. The number of nitrogens with one attached hydrogen (secondary N) is 1. The van der Waals surface area contributed by atoms with Crippen molar-refractivity contribution in [3.63, 3.8) is 0 Å². The van der Waals surface area contributed by atoms with Crippen LogP contribution in [-0.2, 0) is 21.3 Å². The van der Waals surface area contributed by atoms with E-state index in [2.05, 4.69) is 4.72 Å². The molecule has 9 heteroatoms. The van der Waals surface area contributed by atoms with E-state index in [0.717, 1.165) is 18.4 Å². The number of carbonyl (C=O) groups is 1. The summed E-state index contributed by atoms with van der Waals surface area (Å²) in [5, 5.41) is 0.196. The number of hydrogen-bond acceptors (Lipinski definition) is 5. The molecule has 1 aliphatic heterocycles. The molecular formula is C23H29ClN2O5S. The maximum atomic E-state index is 13.6. The van der Waals surface area contributed by atoms with E-state index in [0.29, 0.717) is 25.4 Å². The van der Waals surface area contributed by atoms with Gasteiger partial charge in [0.05, 0.1) is 28.7 Å². The average Bonchev–Trinajstić information content (AvgIpc) is 3.25. The predicted octanol–water partition coefficient (Wildman–Crippen LogP) is 3.86. The Morgan fingerprint density at radius 1 is 1.28 bits per heavy atom. The first kappa shape index (κ1) is 24.5. The van der Waals surface area contributed by atoms with Crippen LogP contribution in [0.4, 0.5) is 0 Å². The molecule has 0 radical (unpaired) electrons. The van der Waals surface area contributed by atoms with Gasteiger partial charge in [-0.1, -0.05) is 23.7 Å². The van der Waals surface area contributed by atoms with Gasteiger partial charge in [-0.2, -0.15) is 0 Å². The fourth-order valence-electron chi connectivity index (χ4n) is 3.63. The summed E-state index contributed by atoms with van der Waals surface area (Å²) in [4.78, 5) is 15.2. The minimum Gasteiger partial charge on any atom is -0.497 e. The van der Waals surface area contributed by atoms with Gasteiger partial charge in [-0.05, 0) is 62.6 Å². The van der Waals surface area contributed by atoms with Gasteiger partial charge in [-0.15, -0.1) is 0 Å². The van der Waals surface area contributed by atoms with Crippen molar-refractivity contribution in [2.75, 3.05) is 20.3 Å². The zero-order valence-corrected chi connectivity index (χ0v) is 20.1. The van der Waals surface area contributed by atoms with Gasteiger partial charge >= 0.3 is 0 Å². The lowest BCUT2D eigenvalue weighted by Crippen LogP contribution is -2.37. The van der Waals surface area contributed by atoms with E-state index >= 15 is 0 Å². The Labute approximate surface area is 194 Å². The number of amides is 1. The molecule has 1 aliphatic rings. The Hall–Kier alpha value is -2.13. The molecule has 0 bridgehead atoms. The van der Waals surface area contributed by atoms with Crippen molar-refractivity contribution in [1.29, 1.82) is 0 Å². The van der Waals surface area contributed by atoms with Crippen molar-refractivity contribution in [2.45, 2.75) is 50.3 Å². The van der Waals surface area contributed by atoms with E-state index in [-0.39, 0.29) is 33.5 Å². The smallest absolute Gasteiger partial charge is 0.255 e. The van der Waals surface area contributed by atoms with E-state index in [1.807, 2.05) is 24.3 Å². The van der Waals surface area contributed by atoms with E-state index in [4.69, 9.17) is 21.1 Å². The molecule has 7 nitrogen and oxygen atoms in total. The molecule has 1 atom stereocenters. The van der Waals surface area contributed by atoms with Crippen LogP contribution in [0, 0.1) is 0 Å². The Morgan fingerprint density at radius 3 is 2.72 bits per heavy atom. The van der Waals surface area contributed by atoms with Gasteiger partial charge in [-0.3, -0.25) is 4.79 Å². The second kappa shape index (κ2) is 10.7. The second-order valence-electron chi connectivity index (χ2n) is 8.09. The van der Waals surface area contributed by atoms with Crippen LogP contribution in [0.15, 0.2) is 47.4 Å². The summed E-state index contributed by atoms with van der Waals surface area (Å²) in [6.45, 7) is 4.83. The topological polar surface area (TPSA) is 84.9 Å². The molecule has 1 unspecified atom stereocenters. The van der Waals surface area contributed by atoms with E-state index in [9.17, 15) is 13.2 Å². The molecule has 1 fully saturated rings. The highest BCUT2D eigenvalue weighted by Crippen LogP contribution is 2.25. The van der Waals surface area contributed by atoms with Crippen molar-refractivity contribution >= 4 is 27.5 Å². The summed E-state index contributed by atoms with van der Waals surface area (Å²) in [6.07, 6.45) is 1.74. The second-order valence-corrected chi connectivity index (χ2v) is 10.2. The van der Waals surface area contributed by atoms with Crippen LogP contribution in [0.2, 0.25) is 5.02 Å². The number of ether oxygens (including phenoxy) is 2. The third-order valence-electron chi connectivity index (χ3n) is 5.11. The maximum Gasteiger partial charge on any atom is 0.255 e. The summed E-state index contributed by atoms with van der Waals surface area (Å²) < 4.78 is 38.8. The third kappa shape index (κ3) is 6.22. The first-order chi connectivity index (χ1) is 15.2. The standard InChI is InChI=1S/C23H29ClN2O5S/c1-16(2)25-32(28,29)20-9-10-22(24)21(13-20)23(27)26(15-19-8-5-11-31-19)14-17-6-4-7-18(12-17)30-3/h4,6-7,9-10,12-13,16,19,25H,5,8,11,14-15H2,1-3H3. The maximum absolute atomic E-state index is 13.6. The van der Waals surface area contributed by atoms with Crippen molar-refractivity contribution in [2.24, 2.45) is 0 Å². The van der Waals surface area contributed by atoms with Crippen molar-refractivity contribution in [3.05, 3.63) is 58.6 Å². The third-order valence-corrected chi connectivity index (χ3v) is 7.10. The van der Waals surface area contributed by atoms with Crippen LogP contribution in [0.25, 0.3) is 0 Å². The molecule has 174 valence electrons. The highest BCUT2D eigenvalue weighted by Gasteiger charge is 2.27. The van der Waals surface area contributed by atoms with Gasteiger partial charge in [0.25, 0.3) is 5.91 Å². The van der Waals surface area contributed by atoms with Crippen LogP contribution in [-0.4, -0.2) is 51.6 Å². The van der Waals surface area contributed by atoms with Gasteiger partial charge in [0.15, 0.2) is 0 Å². The first-order valence-electron chi connectivity index (χ1n) is 10.6. The summed E-state index contributed by atoms with van der Waals surface area (Å²) in [5.74, 6) is 0.341. The van der Waals surface area contributed by atoms with E-state index in [1.165, 1.54) is 18.2 Å².